The molecule has 0 heterocycles. The van der Waals surface area contributed by atoms with Crippen LogP contribution in [0.3, 0.4) is 0 Å². The van der Waals surface area contributed by atoms with Crippen molar-refractivity contribution >= 4 is 12.2 Å². The summed E-state index contributed by atoms with van der Waals surface area (Å²) in [6.07, 6.45) is -1.20. The molecule has 4 rings (SSSR count). The van der Waals surface area contributed by atoms with Crippen LogP contribution in [0.4, 0.5) is 13.2 Å². The summed E-state index contributed by atoms with van der Waals surface area (Å²) >= 11 is 0. The van der Waals surface area contributed by atoms with E-state index in [9.17, 15) is 13.2 Å². The first kappa shape index (κ1) is 31.2. The van der Waals surface area contributed by atoms with E-state index in [0.717, 1.165) is 50.6 Å². The van der Waals surface area contributed by atoms with Gasteiger partial charge in [-0.1, -0.05) is 72.8 Å². The van der Waals surface area contributed by atoms with Crippen molar-refractivity contribution in [2.75, 3.05) is 26.3 Å². The van der Waals surface area contributed by atoms with E-state index >= 15 is 0 Å². The van der Waals surface area contributed by atoms with Gasteiger partial charge in [0.05, 0.1) is 18.8 Å². The third-order valence-corrected chi connectivity index (χ3v) is 7.34. The summed E-state index contributed by atoms with van der Waals surface area (Å²) in [6.45, 7) is 6.07. The van der Waals surface area contributed by atoms with Crippen LogP contribution in [0.1, 0.15) is 38.9 Å². The fourth-order valence-corrected chi connectivity index (χ4v) is 5.14. The maximum absolute atomic E-state index is 13.8. The summed E-state index contributed by atoms with van der Waals surface area (Å²) < 4.78 is 41.4. The summed E-state index contributed by atoms with van der Waals surface area (Å²) in [6, 6.07) is 24.5. The van der Waals surface area contributed by atoms with Crippen LogP contribution in [0.25, 0.3) is 34.4 Å². The smallest absolute Gasteiger partial charge is 0.395 e. The molecule has 0 fully saturated rings. The van der Waals surface area contributed by atoms with E-state index in [1.54, 1.807) is 12.1 Å². The highest BCUT2D eigenvalue weighted by Gasteiger charge is 2.32. The highest BCUT2D eigenvalue weighted by molar-refractivity contribution is 5.83. The zero-order valence-corrected chi connectivity index (χ0v) is 23.9. The molecule has 0 spiro atoms. The number of benzene rings is 4. The Morgan fingerprint density at radius 2 is 1.21 bits per heavy atom. The van der Waals surface area contributed by atoms with Crippen molar-refractivity contribution in [3.05, 3.63) is 118 Å². The van der Waals surface area contributed by atoms with Crippen LogP contribution in [-0.2, 0) is 19.3 Å². The third kappa shape index (κ3) is 7.75. The minimum Gasteiger partial charge on any atom is -0.395 e. The zero-order valence-electron chi connectivity index (χ0n) is 23.9. The van der Waals surface area contributed by atoms with Gasteiger partial charge < -0.3 is 20.8 Å². The van der Waals surface area contributed by atoms with Crippen LogP contribution < -0.4 is 10.6 Å². The normalized spacial score (nSPS) is 11.9. The van der Waals surface area contributed by atoms with Crippen LogP contribution >= 0.6 is 0 Å². The quantitative estimate of drug-likeness (QED) is 0.109. The molecule has 0 aromatic heterocycles. The molecule has 0 saturated heterocycles. The van der Waals surface area contributed by atoms with Gasteiger partial charge >= 0.3 is 6.18 Å². The number of rotatable bonds is 12. The monoisotopic (exact) mass is 574 g/mol. The summed E-state index contributed by atoms with van der Waals surface area (Å²) in [5.74, 6) is 0. The molecule has 220 valence electrons. The number of aliphatic hydroxyl groups excluding tert-OH is 2. The first-order valence-electron chi connectivity index (χ1n) is 14.0. The largest absolute Gasteiger partial charge is 0.416 e. The highest BCUT2D eigenvalue weighted by atomic mass is 19.4. The molecule has 4 aromatic rings. The maximum atomic E-state index is 13.8. The lowest BCUT2D eigenvalue weighted by molar-refractivity contribution is -0.137. The van der Waals surface area contributed by atoms with E-state index in [1.807, 2.05) is 37.3 Å². The molecule has 42 heavy (non-hydrogen) atoms. The standard InChI is InChI=1S/C35H37F3N2O2/c1-24-28(13-14-30-21-27(23-40-17-19-42)12-15-34(30)35(36,37)38)7-4-10-32(24)33-11-5-9-31(25(33)2)29-8-3-6-26(20-29)22-39-16-18-41/h3-15,20-21,39-42H,16-19,22-23H2,1-2H3/b14-13+. The van der Waals surface area contributed by atoms with Gasteiger partial charge in [-0.3, -0.25) is 0 Å². The second-order valence-corrected chi connectivity index (χ2v) is 10.3. The Balaban J connectivity index is 1.67. The SMILES string of the molecule is Cc1c(/C=C/c2cc(CNCCO)ccc2C(F)(F)F)cccc1-c1cccc(-c2cccc(CNCCO)c2)c1C. The summed E-state index contributed by atoms with van der Waals surface area (Å²) in [7, 11) is 0. The van der Waals surface area contributed by atoms with E-state index in [-0.39, 0.29) is 18.8 Å². The Morgan fingerprint density at radius 3 is 1.88 bits per heavy atom. The van der Waals surface area contributed by atoms with Gasteiger partial charge in [-0.15, -0.1) is 0 Å². The Kier molecular flexibility index (Phi) is 10.7. The topological polar surface area (TPSA) is 64.5 Å². The summed E-state index contributed by atoms with van der Waals surface area (Å²) in [5.41, 5.74) is 8.48. The van der Waals surface area contributed by atoms with Gasteiger partial charge in [0.15, 0.2) is 0 Å². The molecule has 0 bridgehead atoms. The molecule has 0 aliphatic rings. The Morgan fingerprint density at radius 1 is 0.643 bits per heavy atom. The maximum Gasteiger partial charge on any atom is 0.416 e. The lowest BCUT2D eigenvalue weighted by atomic mass is 9.89. The van der Waals surface area contributed by atoms with Crippen molar-refractivity contribution in [2.24, 2.45) is 0 Å². The van der Waals surface area contributed by atoms with Gasteiger partial charge in [-0.2, -0.15) is 13.2 Å². The zero-order chi connectivity index (χ0) is 30.1. The van der Waals surface area contributed by atoms with Gasteiger partial charge in [0.2, 0.25) is 0 Å². The second-order valence-electron chi connectivity index (χ2n) is 10.3. The van der Waals surface area contributed by atoms with Crippen LogP contribution in [0, 0.1) is 13.8 Å². The molecule has 7 heteroatoms. The highest BCUT2D eigenvalue weighted by Crippen LogP contribution is 2.36. The van der Waals surface area contributed by atoms with Crippen molar-refractivity contribution in [3.8, 4) is 22.3 Å². The molecule has 4 N–H and O–H groups in total. The van der Waals surface area contributed by atoms with Crippen molar-refractivity contribution in [1.82, 2.24) is 10.6 Å². The average Bonchev–Trinajstić information content (AvgIpc) is 2.97. The van der Waals surface area contributed by atoms with Gasteiger partial charge in [0, 0.05) is 26.2 Å². The number of hydrogen-bond donors (Lipinski definition) is 4. The Bertz CT molecular complexity index is 1530. The average molecular weight is 575 g/mol. The first-order valence-corrected chi connectivity index (χ1v) is 14.0. The number of nitrogens with one attached hydrogen (secondary N) is 2. The van der Waals surface area contributed by atoms with E-state index in [2.05, 4.69) is 47.9 Å². The molecule has 0 amide bonds. The predicted molar refractivity (Wildman–Crippen MR) is 165 cm³/mol. The van der Waals surface area contributed by atoms with Crippen molar-refractivity contribution in [1.29, 1.82) is 0 Å². The van der Waals surface area contributed by atoms with Crippen LogP contribution in [0.2, 0.25) is 0 Å². The van der Waals surface area contributed by atoms with Gasteiger partial charge in [-0.25, -0.2) is 0 Å². The van der Waals surface area contributed by atoms with Gasteiger partial charge in [0.1, 0.15) is 0 Å². The molecular formula is C35H37F3N2O2. The van der Waals surface area contributed by atoms with E-state index < -0.39 is 11.7 Å². The summed E-state index contributed by atoms with van der Waals surface area (Å²) in [5, 5.41) is 24.3. The molecule has 0 aliphatic heterocycles. The van der Waals surface area contributed by atoms with Crippen molar-refractivity contribution in [3.63, 3.8) is 0 Å². The number of hydrogen-bond acceptors (Lipinski definition) is 4. The van der Waals surface area contributed by atoms with Crippen LogP contribution in [0.15, 0.2) is 78.9 Å². The van der Waals surface area contributed by atoms with E-state index in [0.29, 0.717) is 31.7 Å². The summed E-state index contributed by atoms with van der Waals surface area (Å²) in [4.78, 5) is 0. The van der Waals surface area contributed by atoms with Crippen LogP contribution in [-0.4, -0.2) is 36.5 Å². The van der Waals surface area contributed by atoms with Crippen molar-refractivity contribution < 1.29 is 23.4 Å². The number of aliphatic hydroxyl groups is 2. The minimum absolute atomic E-state index is 0.0410. The number of alkyl halides is 3. The molecule has 4 aromatic carbocycles. The van der Waals surface area contributed by atoms with Gasteiger partial charge in [-0.05, 0) is 87.7 Å². The number of halogens is 3. The molecule has 0 unspecified atom stereocenters. The van der Waals surface area contributed by atoms with E-state index in [4.69, 9.17) is 10.2 Å². The lowest BCUT2D eigenvalue weighted by Gasteiger charge is -2.16. The molecule has 0 atom stereocenters. The second kappa shape index (κ2) is 14.4. The molecular weight excluding hydrogens is 537 g/mol. The fraction of sp³-hybridized carbons (Fsp3) is 0.257. The lowest BCUT2D eigenvalue weighted by Crippen LogP contribution is -2.18. The predicted octanol–water partition coefficient (Wildman–Crippen LogP) is 6.99. The first-order chi connectivity index (χ1) is 20.2. The van der Waals surface area contributed by atoms with Crippen LogP contribution in [0.5, 0.6) is 0 Å². The fourth-order valence-electron chi connectivity index (χ4n) is 5.14. The molecule has 0 saturated carbocycles. The Hall–Kier alpha value is -3.75. The Labute approximate surface area is 245 Å². The molecule has 0 radical (unpaired) electrons. The minimum atomic E-state index is -4.47. The van der Waals surface area contributed by atoms with E-state index in [1.165, 1.54) is 12.1 Å². The van der Waals surface area contributed by atoms with Crippen molar-refractivity contribution in [2.45, 2.75) is 33.1 Å². The molecule has 0 aliphatic carbocycles. The molecule has 4 nitrogen and oxygen atoms in total. The van der Waals surface area contributed by atoms with Gasteiger partial charge in [0.25, 0.3) is 0 Å². The third-order valence-electron chi connectivity index (χ3n) is 7.34.